The maximum Gasteiger partial charge on any atom is 0.132 e. The lowest BCUT2D eigenvalue weighted by molar-refractivity contribution is 0.0768. The molecule has 1 unspecified atom stereocenters. The van der Waals surface area contributed by atoms with E-state index in [4.69, 9.17) is 4.74 Å². The van der Waals surface area contributed by atoms with E-state index in [0.717, 1.165) is 23.7 Å². The minimum atomic E-state index is -0.468. The normalized spacial score (nSPS) is 18.6. The van der Waals surface area contributed by atoms with E-state index in [-0.39, 0.29) is 24.0 Å². The van der Waals surface area contributed by atoms with Crippen LogP contribution in [0.5, 0.6) is 0 Å². The summed E-state index contributed by atoms with van der Waals surface area (Å²) in [6, 6.07) is 3.41. The van der Waals surface area contributed by atoms with Crippen molar-refractivity contribution >= 4 is 23.7 Å². The van der Waals surface area contributed by atoms with Crippen molar-refractivity contribution < 1.29 is 13.5 Å². The van der Waals surface area contributed by atoms with Gasteiger partial charge in [0.1, 0.15) is 16.6 Å². The number of aromatic nitrogens is 1. The number of nitrogens with one attached hydrogen (secondary N) is 1. The molecule has 3 rings (SSSR count). The maximum absolute atomic E-state index is 13.7. The van der Waals surface area contributed by atoms with E-state index >= 15 is 0 Å². The maximum atomic E-state index is 13.7. The lowest BCUT2D eigenvalue weighted by Gasteiger charge is -2.21. The Morgan fingerprint density at radius 2 is 2.20 bits per heavy atom. The van der Waals surface area contributed by atoms with Gasteiger partial charge in [0.2, 0.25) is 0 Å². The molecule has 1 aromatic carbocycles. The molecule has 1 N–H and O–H groups in total. The third-order valence-corrected chi connectivity index (χ3v) is 3.90. The Balaban J connectivity index is 0.00000147. The Labute approximate surface area is 125 Å². The van der Waals surface area contributed by atoms with E-state index < -0.39 is 11.6 Å². The van der Waals surface area contributed by atoms with Crippen molar-refractivity contribution in [2.24, 2.45) is 0 Å². The van der Waals surface area contributed by atoms with E-state index in [0.29, 0.717) is 18.9 Å². The molecule has 0 spiro atoms. The second kappa shape index (κ2) is 6.58. The molecule has 7 heteroatoms. The van der Waals surface area contributed by atoms with Crippen LogP contribution in [0.2, 0.25) is 0 Å². The minimum absolute atomic E-state index is 0. The molecule has 1 aliphatic rings. The zero-order valence-electron chi connectivity index (χ0n) is 10.4. The quantitative estimate of drug-likeness (QED) is 0.923. The fraction of sp³-hybridized carbons (Fsp3) is 0.308. The Morgan fingerprint density at radius 1 is 1.35 bits per heavy atom. The molecule has 1 saturated heterocycles. The van der Waals surface area contributed by atoms with Crippen LogP contribution < -0.4 is 5.32 Å². The van der Waals surface area contributed by atoms with Crippen molar-refractivity contribution in [3.63, 3.8) is 0 Å². The summed E-state index contributed by atoms with van der Waals surface area (Å²) in [4.78, 5) is 4.38. The van der Waals surface area contributed by atoms with Crippen LogP contribution in [0.3, 0.4) is 0 Å². The van der Waals surface area contributed by atoms with Crippen LogP contribution in [-0.4, -0.2) is 24.7 Å². The molecule has 0 aliphatic carbocycles. The molecule has 2 aromatic rings. The number of rotatable bonds is 2. The number of hydrogen-bond acceptors (Lipinski definition) is 4. The van der Waals surface area contributed by atoms with Gasteiger partial charge < -0.3 is 10.1 Å². The second-order valence-electron chi connectivity index (χ2n) is 4.28. The van der Waals surface area contributed by atoms with E-state index in [1.54, 1.807) is 5.38 Å². The van der Waals surface area contributed by atoms with Crippen LogP contribution in [0.1, 0.15) is 11.0 Å². The Morgan fingerprint density at radius 3 is 2.95 bits per heavy atom. The molecular weight excluding hydrogens is 306 g/mol. The van der Waals surface area contributed by atoms with Gasteiger partial charge in [-0.3, -0.25) is 0 Å². The van der Waals surface area contributed by atoms with Crippen LogP contribution in [0.15, 0.2) is 23.6 Å². The molecule has 3 nitrogen and oxygen atoms in total. The zero-order chi connectivity index (χ0) is 13.2. The van der Waals surface area contributed by atoms with E-state index in [1.807, 2.05) is 0 Å². The summed E-state index contributed by atoms with van der Waals surface area (Å²) in [6.07, 6.45) is 0. The highest BCUT2D eigenvalue weighted by Crippen LogP contribution is 2.28. The largest absolute Gasteiger partial charge is 0.378 e. The standard InChI is InChI=1S/C13H12F2N2OS.ClH/c14-8-1-2-10(15)9(5-8)12-7-19-13(17-12)11-6-18-4-3-16-11;/h1-2,5,7,11,16H,3-4,6H2;1H. The third kappa shape index (κ3) is 3.15. The first-order valence-electron chi connectivity index (χ1n) is 5.96. The van der Waals surface area contributed by atoms with Crippen molar-refractivity contribution in [3.8, 4) is 11.3 Å². The molecule has 2 heterocycles. The first kappa shape index (κ1) is 15.3. The fourth-order valence-electron chi connectivity index (χ4n) is 1.99. The van der Waals surface area contributed by atoms with Crippen LogP contribution in [0.25, 0.3) is 11.3 Å². The highest BCUT2D eigenvalue weighted by Gasteiger charge is 2.19. The number of benzene rings is 1. The fourth-order valence-corrected chi connectivity index (χ4v) is 2.87. The summed E-state index contributed by atoms with van der Waals surface area (Å²) >= 11 is 1.42. The van der Waals surface area contributed by atoms with Gasteiger partial charge in [0.25, 0.3) is 0 Å². The zero-order valence-corrected chi connectivity index (χ0v) is 12.1. The summed E-state index contributed by atoms with van der Waals surface area (Å²) < 4.78 is 32.2. The summed E-state index contributed by atoms with van der Waals surface area (Å²) in [5, 5.41) is 5.85. The van der Waals surface area contributed by atoms with Crippen molar-refractivity contribution in [2.45, 2.75) is 6.04 Å². The Bertz CT molecular complexity index is 588. The van der Waals surface area contributed by atoms with Gasteiger partial charge in [-0.2, -0.15) is 0 Å². The predicted octanol–water partition coefficient (Wildman–Crippen LogP) is 3.17. The van der Waals surface area contributed by atoms with Crippen molar-refractivity contribution in [2.75, 3.05) is 19.8 Å². The minimum Gasteiger partial charge on any atom is -0.378 e. The third-order valence-electron chi connectivity index (χ3n) is 2.95. The number of ether oxygens (including phenoxy) is 1. The molecule has 108 valence electrons. The monoisotopic (exact) mass is 318 g/mol. The van der Waals surface area contributed by atoms with Gasteiger partial charge in [-0.25, -0.2) is 13.8 Å². The number of morpholine rings is 1. The lowest BCUT2D eigenvalue weighted by Crippen LogP contribution is -2.34. The van der Waals surface area contributed by atoms with Crippen LogP contribution in [0, 0.1) is 11.6 Å². The van der Waals surface area contributed by atoms with Gasteiger partial charge >= 0.3 is 0 Å². The van der Waals surface area contributed by atoms with Gasteiger partial charge in [0.15, 0.2) is 0 Å². The molecule has 1 aromatic heterocycles. The summed E-state index contributed by atoms with van der Waals surface area (Å²) in [5.74, 6) is -0.934. The highest BCUT2D eigenvalue weighted by atomic mass is 35.5. The van der Waals surface area contributed by atoms with Crippen molar-refractivity contribution in [1.82, 2.24) is 10.3 Å². The first-order valence-corrected chi connectivity index (χ1v) is 6.84. The molecule has 1 aliphatic heterocycles. The van der Waals surface area contributed by atoms with E-state index in [9.17, 15) is 8.78 Å². The summed E-state index contributed by atoms with van der Waals surface area (Å²) in [5.41, 5.74) is 0.656. The predicted molar refractivity (Wildman–Crippen MR) is 76.3 cm³/mol. The van der Waals surface area contributed by atoms with Crippen LogP contribution in [0.4, 0.5) is 8.78 Å². The topological polar surface area (TPSA) is 34.1 Å². The van der Waals surface area contributed by atoms with Crippen molar-refractivity contribution in [3.05, 3.63) is 40.2 Å². The average molecular weight is 319 g/mol. The molecular formula is C13H13ClF2N2OS. The Kier molecular flexibility index (Phi) is 5.04. The van der Waals surface area contributed by atoms with Crippen LogP contribution in [-0.2, 0) is 4.74 Å². The molecule has 0 radical (unpaired) electrons. The molecule has 20 heavy (non-hydrogen) atoms. The first-order chi connectivity index (χ1) is 9.24. The van der Waals surface area contributed by atoms with E-state index in [1.165, 1.54) is 17.4 Å². The molecule has 0 amide bonds. The molecule has 1 atom stereocenters. The Hall–Kier alpha value is -1.08. The summed E-state index contributed by atoms with van der Waals surface area (Å²) in [6.45, 7) is 2.01. The van der Waals surface area contributed by atoms with Gasteiger partial charge in [0.05, 0.1) is 24.9 Å². The van der Waals surface area contributed by atoms with Gasteiger partial charge in [-0.05, 0) is 18.2 Å². The molecule has 0 saturated carbocycles. The summed E-state index contributed by atoms with van der Waals surface area (Å²) in [7, 11) is 0. The number of hydrogen-bond donors (Lipinski definition) is 1. The number of nitrogens with zero attached hydrogens (tertiary/aromatic N) is 1. The second-order valence-corrected chi connectivity index (χ2v) is 5.17. The van der Waals surface area contributed by atoms with E-state index in [2.05, 4.69) is 10.3 Å². The van der Waals surface area contributed by atoms with Gasteiger partial charge in [-0.1, -0.05) is 0 Å². The van der Waals surface area contributed by atoms with Gasteiger partial charge in [0, 0.05) is 17.5 Å². The average Bonchev–Trinajstić information content (AvgIpc) is 2.92. The molecule has 0 bridgehead atoms. The van der Waals surface area contributed by atoms with Crippen LogP contribution >= 0.6 is 23.7 Å². The lowest BCUT2D eigenvalue weighted by atomic mass is 10.1. The number of halogens is 3. The molecule has 1 fully saturated rings. The highest BCUT2D eigenvalue weighted by molar-refractivity contribution is 7.10. The number of thiazole rings is 1. The SMILES string of the molecule is Cl.Fc1ccc(F)c(-c2csc(C3COCCN3)n2)c1. The van der Waals surface area contributed by atoms with Gasteiger partial charge in [-0.15, -0.1) is 23.7 Å². The smallest absolute Gasteiger partial charge is 0.132 e. The van der Waals surface area contributed by atoms with Crippen molar-refractivity contribution in [1.29, 1.82) is 0 Å².